The quantitative estimate of drug-likeness (QED) is 0.679. The van der Waals surface area contributed by atoms with Gasteiger partial charge in [0.25, 0.3) is 11.8 Å². The molecule has 0 saturated heterocycles. The largest absolute Gasteiger partial charge is 0.483 e. The van der Waals surface area contributed by atoms with Crippen LogP contribution in [-0.2, 0) is 4.79 Å². The van der Waals surface area contributed by atoms with E-state index in [-0.39, 0.29) is 12.5 Å². The first-order valence-corrected chi connectivity index (χ1v) is 8.84. The van der Waals surface area contributed by atoms with Crippen LogP contribution in [0.3, 0.4) is 0 Å². The fraction of sp³-hybridized carbons (Fsp3) is 0.182. The maximum Gasteiger partial charge on any atom is 0.276 e. The van der Waals surface area contributed by atoms with E-state index in [0.717, 1.165) is 16.3 Å². The van der Waals surface area contributed by atoms with Gasteiger partial charge in [-0.15, -0.1) is 0 Å². The first-order chi connectivity index (χ1) is 13.0. The Balaban J connectivity index is 1.52. The Hall–Kier alpha value is -3.34. The molecule has 0 aliphatic carbocycles. The van der Waals surface area contributed by atoms with Crippen molar-refractivity contribution in [3.05, 3.63) is 77.9 Å². The lowest BCUT2D eigenvalue weighted by atomic mass is 10.0. The molecule has 0 aliphatic rings. The molecule has 138 valence electrons. The summed E-state index contributed by atoms with van der Waals surface area (Å²) in [6.45, 7) is 3.98. The highest BCUT2D eigenvalue weighted by molar-refractivity contribution is 5.95. The highest BCUT2D eigenvalue weighted by Crippen LogP contribution is 2.24. The number of amides is 2. The van der Waals surface area contributed by atoms with Crippen molar-refractivity contribution in [2.75, 3.05) is 6.61 Å². The van der Waals surface area contributed by atoms with Crippen LogP contribution in [0.5, 0.6) is 5.75 Å². The second kappa shape index (κ2) is 8.36. The van der Waals surface area contributed by atoms with Crippen LogP contribution in [-0.4, -0.2) is 18.4 Å². The van der Waals surface area contributed by atoms with E-state index in [2.05, 4.69) is 24.7 Å². The number of nitrogens with one attached hydrogen (secondary N) is 2. The van der Waals surface area contributed by atoms with Crippen molar-refractivity contribution in [3.63, 3.8) is 0 Å². The summed E-state index contributed by atoms with van der Waals surface area (Å²) >= 11 is 0. The van der Waals surface area contributed by atoms with Crippen LogP contribution in [0.15, 0.2) is 66.7 Å². The van der Waals surface area contributed by atoms with Gasteiger partial charge in [0, 0.05) is 10.9 Å². The SMILES string of the molecule is CC(C)c1ccc(C(=O)NNC(=O)COc2cccc3ccccc23)cc1. The zero-order valence-electron chi connectivity index (χ0n) is 15.4. The van der Waals surface area contributed by atoms with E-state index in [1.165, 1.54) is 0 Å². The average Bonchev–Trinajstić information content (AvgIpc) is 2.70. The van der Waals surface area contributed by atoms with Gasteiger partial charge in [0.15, 0.2) is 6.61 Å². The molecule has 0 spiro atoms. The van der Waals surface area contributed by atoms with Crippen LogP contribution in [0.1, 0.15) is 35.7 Å². The van der Waals surface area contributed by atoms with Gasteiger partial charge in [0.05, 0.1) is 0 Å². The lowest BCUT2D eigenvalue weighted by Gasteiger charge is -2.11. The van der Waals surface area contributed by atoms with E-state index >= 15 is 0 Å². The van der Waals surface area contributed by atoms with Crippen LogP contribution in [0, 0.1) is 0 Å². The lowest BCUT2D eigenvalue weighted by Crippen LogP contribution is -2.43. The number of carbonyl (C=O) groups is 2. The third-order valence-electron chi connectivity index (χ3n) is 4.26. The Bertz CT molecular complexity index is 944. The van der Waals surface area contributed by atoms with Crippen LogP contribution < -0.4 is 15.6 Å². The molecular formula is C22H22N2O3. The summed E-state index contributed by atoms with van der Waals surface area (Å²) in [6.07, 6.45) is 0. The van der Waals surface area contributed by atoms with Crippen molar-refractivity contribution in [3.8, 4) is 5.75 Å². The van der Waals surface area contributed by atoms with E-state index < -0.39 is 5.91 Å². The summed E-state index contributed by atoms with van der Waals surface area (Å²) in [4.78, 5) is 24.1. The molecule has 27 heavy (non-hydrogen) atoms. The van der Waals surface area contributed by atoms with Crippen molar-refractivity contribution in [1.29, 1.82) is 0 Å². The Morgan fingerprint density at radius 1 is 0.889 bits per heavy atom. The summed E-state index contributed by atoms with van der Waals surface area (Å²) < 4.78 is 5.60. The molecule has 3 rings (SSSR count). The minimum atomic E-state index is -0.435. The highest BCUT2D eigenvalue weighted by Gasteiger charge is 2.09. The molecule has 0 unspecified atom stereocenters. The minimum Gasteiger partial charge on any atom is -0.483 e. The minimum absolute atomic E-state index is 0.194. The first kappa shape index (κ1) is 18.5. The molecule has 0 aromatic heterocycles. The Labute approximate surface area is 158 Å². The fourth-order valence-corrected chi connectivity index (χ4v) is 2.72. The van der Waals surface area contributed by atoms with Crippen LogP contribution >= 0.6 is 0 Å². The van der Waals surface area contributed by atoms with Crippen LogP contribution in [0.25, 0.3) is 10.8 Å². The van der Waals surface area contributed by atoms with Gasteiger partial charge in [0.1, 0.15) is 5.75 Å². The smallest absolute Gasteiger partial charge is 0.276 e. The van der Waals surface area contributed by atoms with Crippen LogP contribution in [0.2, 0.25) is 0 Å². The van der Waals surface area contributed by atoms with Crippen molar-refractivity contribution < 1.29 is 14.3 Å². The predicted molar refractivity (Wildman–Crippen MR) is 106 cm³/mol. The molecule has 0 heterocycles. The molecule has 5 nitrogen and oxygen atoms in total. The van der Waals surface area contributed by atoms with E-state index in [1.807, 2.05) is 54.6 Å². The van der Waals surface area contributed by atoms with Gasteiger partial charge in [0.2, 0.25) is 0 Å². The molecule has 3 aromatic rings. The molecule has 0 saturated carbocycles. The molecule has 0 aliphatic heterocycles. The van der Waals surface area contributed by atoms with Gasteiger partial charge in [-0.25, -0.2) is 0 Å². The van der Waals surface area contributed by atoms with Gasteiger partial charge in [-0.05, 0) is 35.1 Å². The fourth-order valence-electron chi connectivity index (χ4n) is 2.72. The molecule has 0 radical (unpaired) electrons. The maximum absolute atomic E-state index is 12.1. The van der Waals surface area contributed by atoms with Gasteiger partial charge in [-0.2, -0.15) is 0 Å². The van der Waals surface area contributed by atoms with Gasteiger partial charge in [-0.1, -0.05) is 62.4 Å². The van der Waals surface area contributed by atoms with E-state index in [9.17, 15) is 9.59 Å². The van der Waals surface area contributed by atoms with E-state index in [4.69, 9.17) is 4.74 Å². The molecular weight excluding hydrogens is 340 g/mol. The molecule has 0 atom stereocenters. The third kappa shape index (κ3) is 4.64. The normalized spacial score (nSPS) is 10.6. The number of rotatable bonds is 5. The zero-order chi connectivity index (χ0) is 19.2. The standard InChI is InChI=1S/C22H22N2O3/c1-15(2)16-10-12-18(13-11-16)22(26)24-23-21(25)14-27-20-9-5-7-17-6-3-4-8-19(17)20/h3-13,15H,14H2,1-2H3,(H,23,25)(H,24,26). The molecule has 0 fully saturated rings. The number of carbonyl (C=O) groups excluding carboxylic acids is 2. The summed E-state index contributed by atoms with van der Waals surface area (Å²) in [6, 6.07) is 20.7. The number of hydrazine groups is 1. The summed E-state index contributed by atoms with van der Waals surface area (Å²) in [5.74, 6) is 0.214. The molecule has 2 N–H and O–H groups in total. The first-order valence-electron chi connectivity index (χ1n) is 8.84. The summed E-state index contributed by atoms with van der Waals surface area (Å²) in [5, 5.41) is 1.97. The summed E-state index contributed by atoms with van der Waals surface area (Å²) in [5.41, 5.74) is 6.41. The number of fused-ring (bicyclic) bond motifs is 1. The van der Waals surface area contributed by atoms with Crippen molar-refractivity contribution in [2.24, 2.45) is 0 Å². The third-order valence-corrected chi connectivity index (χ3v) is 4.26. The number of benzene rings is 3. The summed E-state index contributed by atoms with van der Waals surface area (Å²) in [7, 11) is 0. The van der Waals surface area contributed by atoms with Crippen molar-refractivity contribution in [1.82, 2.24) is 10.9 Å². The Kier molecular flexibility index (Phi) is 5.71. The van der Waals surface area contributed by atoms with E-state index in [1.54, 1.807) is 12.1 Å². The van der Waals surface area contributed by atoms with Gasteiger partial charge in [-0.3, -0.25) is 20.4 Å². The van der Waals surface area contributed by atoms with Gasteiger partial charge < -0.3 is 4.74 Å². The number of ether oxygens (including phenoxy) is 1. The van der Waals surface area contributed by atoms with Gasteiger partial charge >= 0.3 is 0 Å². The number of hydrogen-bond donors (Lipinski definition) is 2. The molecule has 0 bridgehead atoms. The Morgan fingerprint density at radius 3 is 2.33 bits per heavy atom. The monoisotopic (exact) mass is 362 g/mol. The topological polar surface area (TPSA) is 67.4 Å². The second-order valence-electron chi connectivity index (χ2n) is 6.54. The van der Waals surface area contributed by atoms with E-state index in [0.29, 0.717) is 17.2 Å². The molecule has 2 amide bonds. The van der Waals surface area contributed by atoms with Crippen molar-refractivity contribution in [2.45, 2.75) is 19.8 Å². The Morgan fingerprint density at radius 2 is 1.59 bits per heavy atom. The van der Waals surface area contributed by atoms with Crippen molar-refractivity contribution >= 4 is 22.6 Å². The lowest BCUT2D eigenvalue weighted by molar-refractivity contribution is -0.123. The molecule has 5 heteroatoms. The van der Waals surface area contributed by atoms with Crippen LogP contribution in [0.4, 0.5) is 0 Å². The second-order valence-corrected chi connectivity index (χ2v) is 6.54. The average molecular weight is 362 g/mol. The zero-order valence-corrected chi connectivity index (χ0v) is 15.4. The maximum atomic E-state index is 12.1. The molecule has 3 aromatic carbocycles. The predicted octanol–water partition coefficient (Wildman–Crippen LogP) is 3.80. The number of hydrogen-bond acceptors (Lipinski definition) is 3. The highest BCUT2D eigenvalue weighted by atomic mass is 16.5.